The Balaban J connectivity index is 2.30. The summed E-state index contributed by atoms with van der Waals surface area (Å²) >= 11 is 0. The summed E-state index contributed by atoms with van der Waals surface area (Å²) in [6.45, 7) is 1.16. The third-order valence-electron chi connectivity index (χ3n) is 5.20. The Bertz CT molecular complexity index is 1160. The summed E-state index contributed by atoms with van der Waals surface area (Å²) in [6.07, 6.45) is -0.0842. The third-order valence-corrected chi connectivity index (χ3v) is 5.20. The lowest BCUT2D eigenvalue weighted by Crippen LogP contribution is -2.57. The van der Waals surface area contributed by atoms with Crippen LogP contribution in [0.4, 0.5) is 0 Å². The van der Waals surface area contributed by atoms with Gasteiger partial charge in [-0.15, -0.1) is 0 Å². The fourth-order valence-electron chi connectivity index (χ4n) is 3.32. The molecule has 4 atom stereocenters. The molecule has 2 aromatic rings. The van der Waals surface area contributed by atoms with E-state index in [4.69, 9.17) is 21.1 Å². The molecule has 36 heavy (non-hydrogen) atoms. The van der Waals surface area contributed by atoms with Crippen LogP contribution in [-0.4, -0.2) is 80.1 Å². The normalized spacial score (nSPS) is 14.2. The van der Waals surface area contributed by atoms with Gasteiger partial charge in [-0.05, 0) is 18.6 Å². The number of carboxylic acids is 3. The van der Waals surface area contributed by atoms with E-state index in [0.717, 1.165) is 17.8 Å². The molecule has 0 aliphatic rings. The second-order valence-corrected chi connectivity index (χ2v) is 8.06. The van der Waals surface area contributed by atoms with Gasteiger partial charge in [0.05, 0.1) is 18.9 Å². The van der Waals surface area contributed by atoms with E-state index < -0.39 is 72.6 Å². The van der Waals surface area contributed by atoms with Crippen LogP contribution in [-0.2, 0) is 35.2 Å². The summed E-state index contributed by atoms with van der Waals surface area (Å²) < 4.78 is 0. The molecule has 0 spiro atoms. The molecule has 0 bridgehead atoms. The molecule has 14 heteroatoms. The van der Waals surface area contributed by atoms with Crippen LogP contribution in [0.15, 0.2) is 30.5 Å². The predicted octanol–water partition coefficient (Wildman–Crippen LogP) is -1.45. The number of nitrogens with two attached hydrogens (primary N) is 1. The van der Waals surface area contributed by atoms with Gasteiger partial charge in [-0.2, -0.15) is 0 Å². The molecule has 1 aromatic heterocycles. The molecule has 1 heterocycles. The molecule has 9 N–H and O–H groups in total. The minimum absolute atomic E-state index is 0.117. The van der Waals surface area contributed by atoms with Gasteiger partial charge in [-0.1, -0.05) is 18.2 Å². The van der Waals surface area contributed by atoms with Crippen LogP contribution in [0.3, 0.4) is 0 Å². The minimum atomic E-state index is -1.66. The average molecular weight is 505 g/mol. The molecule has 0 aliphatic carbocycles. The van der Waals surface area contributed by atoms with Gasteiger partial charge in [0.2, 0.25) is 17.7 Å². The maximum absolute atomic E-state index is 13.1. The first-order chi connectivity index (χ1) is 16.9. The highest BCUT2D eigenvalue weighted by atomic mass is 16.4. The third kappa shape index (κ3) is 7.80. The van der Waals surface area contributed by atoms with Crippen molar-refractivity contribution in [3.63, 3.8) is 0 Å². The largest absolute Gasteiger partial charge is 0.481 e. The van der Waals surface area contributed by atoms with Gasteiger partial charge in [0.25, 0.3) is 0 Å². The molecule has 1 aromatic carbocycles. The number of carbonyl (C=O) groups is 6. The van der Waals surface area contributed by atoms with Gasteiger partial charge in [-0.3, -0.25) is 28.8 Å². The van der Waals surface area contributed by atoms with Crippen LogP contribution >= 0.6 is 0 Å². The molecule has 0 saturated heterocycles. The van der Waals surface area contributed by atoms with E-state index in [0.29, 0.717) is 5.56 Å². The fraction of sp³-hybridized carbons (Fsp3) is 0.364. The topological polar surface area (TPSA) is 241 Å². The maximum atomic E-state index is 13.1. The SMILES string of the molecule is CC(NC(=O)C(CC(=O)O)NC(=O)C(Cc1c[nH]c2ccccc12)NC(=O)C(N)CC(=O)O)C(=O)O. The smallest absolute Gasteiger partial charge is 0.325 e. The Kier molecular flexibility index (Phi) is 9.50. The number of H-pyrrole nitrogens is 1. The van der Waals surface area contributed by atoms with Crippen LogP contribution in [0.1, 0.15) is 25.3 Å². The van der Waals surface area contributed by atoms with Gasteiger partial charge in [0.1, 0.15) is 18.1 Å². The van der Waals surface area contributed by atoms with Gasteiger partial charge in [0.15, 0.2) is 0 Å². The van der Waals surface area contributed by atoms with Gasteiger partial charge in [0, 0.05) is 23.5 Å². The zero-order chi connectivity index (χ0) is 27.0. The van der Waals surface area contributed by atoms with Crippen molar-refractivity contribution in [1.29, 1.82) is 0 Å². The highest BCUT2D eigenvalue weighted by Gasteiger charge is 2.31. The number of carboxylic acid groups (broad SMARTS) is 3. The standard InChI is InChI=1S/C22H27N5O9/c1-10(22(35)36)25-20(33)16(8-18(30)31)27-21(34)15(26-19(32)13(23)7-17(28)29)6-11-9-24-14-5-3-2-4-12(11)14/h2-5,9-10,13,15-16,24H,6-8,23H2,1H3,(H,25,33)(H,26,32)(H,27,34)(H,28,29)(H,30,31)(H,35,36). The first kappa shape index (κ1) is 27.8. The predicted molar refractivity (Wildman–Crippen MR) is 124 cm³/mol. The van der Waals surface area contributed by atoms with E-state index in [1.807, 2.05) is 0 Å². The lowest BCUT2D eigenvalue weighted by Gasteiger charge is -2.24. The number of rotatable bonds is 13. The van der Waals surface area contributed by atoms with Crippen molar-refractivity contribution >= 4 is 46.5 Å². The number of amides is 3. The fourth-order valence-corrected chi connectivity index (χ4v) is 3.32. The summed E-state index contributed by atoms with van der Waals surface area (Å²) in [5, 5.41) is 34.4. The zero-order valence-electron chi connectivity index (χ0n) is 19.2. The number of aromatic amines is 1. The number of aromatic nitrogens is 1. The van der Waals surface area contributed by atoms with Crippen LogP contribution in [0.25, 0.3) is 10.9 Å². The van der Waals surface area contributed by atoms with E-state index in [9.17, 15) is 28.8 Å². The van der Waals surface area contributed by atoms with Crippen molar-refractivity contribution in [3.8, 4) is 0 Å². The van der Waals surface area contributed by atoms with E-state index >= 15 is 0 Å². The second kappa shape index (κ2) is 12.3. The second-order valence-electron chi connectivity index (χ2n) is 8.06. The zero-order valence-corrected chi connectivity index (χ0v) is 19.2. The molecule has 194 valence electrons. The first-order valence-electron chi connectivity index (χ1n) is 10.8. The maximum Gasteiger partial charge on any atom is 0.325 e. The van der Waals surface area contributed by atoms with Crippen molar-refractivity contribution in [1.82, 2.24) is 20.9 Å². The molecule has 0 fully saturated rings. The highest BCUT2D eigenvalue weighted by Crippen LogP contribution is 2.19. The van der Waals surface area contributed by atoms with Crippen molar-refractivity contribution < 1.29 is 44.1 Å². The van der Waals surface area contributed by atoms with Crippen LogP contribution in [0.2, 0.25) is 0 Å². The van der Waals surface area contributed by atoms with Crippen molar-refractivity contribution in [2.24, 2.45) is 5.73 Å². The number of carbonyl (C=O) groups excluding carboxylic acids is 3. The molecule has 2 rings (SSSR count). The van der Waals surface area contributed by atoms with Crippen molar-refractivity contribution in [3.05, 3.63) is 36.0 Å². The molecule has 4 unspecified atom stereocenters. The summed E-state index contributed by atoms with van der Waals surface area (Å²) in [4.78, 5) is 74.3. The first-order valence-corrected chi connectivity index (χ1v) is 10.8. The Morgan fingerprint density at radius 1 is 0.861 bits per heavy atom. The van der Waals surface area contributed by atoms with Gasteiger partial charge in [-0.25, -0.2) is 0 Å². The van der Waals surface area contributed by atoms with E-state index in [-0.39, 0.29) is 6.42 Å². The Morgan fingerprint density at radius 2 is 1.44 bits per heavy atom. The molecule has 14 nitrogen and oxygen atoms in total. The molecular weight excluding hydrogens is 478 g/mol. The molecule has 0 radical (unpaired) electrons. The summed E-state index contributed by atoms with van der Waals surface area (Å²) in [7, 11) is 0. The van der Waals surface area contributed by atoms with E-state index in [1.54, 1.807) is 30.5 Å². The van der Waals surface area contributed by atoms with Crippen LogP contribution in [0.5, 0.6) is 0 Å². The molecule has 3 amide bonds. The summed E-state index contributed by atoms with van der Waals surface area (Å²) in [6, 6.07) is 1.22. The molecule has 0 saturated carbocycles. The summed E-state index contributed by atoms with van der Waals surface area (Å²) in [5.41, 5.74) is 6.94. The number of nitrogens with one attached hydrogen (secondary N) is 4. The van der Waals surface area contributed by atoms with Gasteiger partial charge < -0.3 is 42.0 Å². The number of benzene rings is 1. The van der Waals surface area contributed by atoms with Crippen molar-refractivity contribution in [2.75, 3.05) is 0 Å². The monoisotopic (exact) mass is 505 g/mol. The van der Waals surface area contributed by atoms with E-state index in [1.165, 1.54) is 0 Å². The number of aliphatic carboxylic acids is 3. The van der Waals surface area contributed by atoms with Crippen LogP contribution in [0, 0.1) is 0 Å². The number of para-hydroxylation sites is 1. The molecule has 0 aliphatic heterocycles. The molecular formula is C22H27N5O9. The highest BCUT2D eigenvalue weighted by molar-refractivity contribution is 5.96. The van der Waals surface area contributed by atoms with Gasteiger partial charge >= 0.3 is 17.9 Å². The Hall–Kier alpha value is -4.46. The number of fused-ring (bicyclic) bond motifs is 1. The summed E-state index contributed by atoms with van der Waals surface area (Å²) in [5.74, 6) is -7.11. The number of hydrogen-bond donors (Lipinski definition) is 8. The lowest BCUT2D eigenvalue weighted by atomic mass is 10.0. The number of hydrogen-bond acceptors (Lipinski definition) is 7. The average Bonchev–Trinajstić information content (AvgIpc) is 3.20. The van der Waals surface area contributed by atoms with Crippen molar-refractivity contribution in [2.45, 2.75) is 50.4 Å². The Morgan fingerprint density at radius 3 is 2.06 bits per heavy atom. The van der Waals surface area contributed by atoms with E-state index in [2.05, 4.69) is 20.9 Å². The Labute approximate surface area is 204 Å². The lowest BCUT2D eigenvalue weighted by molar-refractivity contribution is -0.143. The quantitative estimate of drug-likeness (QED) is 0.157. The minimum Gasteiger partial charge on any atom is -0.481 e. The van der Waals surface area contributed by atoms with Crippen LogP contribution < -0.4 is 21.7 Å².